The van der Waals surface area contributed by atoms with E-state index in [2.05, 4.69) is 31.5 Å². The Bertz CT molecular complexity index is 514. The molecule has 0 amide bonds. The van der Waals surface area contributed by atoms with Crippen molar-refractivity contribution < 1.29 is 0 Å². The second-order valence-electron chi connectivity index (χ2n) is 3.97. The number of aromatic nitrogens is 2. The second-order valence-corrected chi connectivity index (χ2v) is 4.82. The molecule has 0 radical (unpaired) electrons. The van der Waals surface area contributed by atoms with Crippen molar-refractivity contribution >= 4 is 21.4 Å². The van der Waals surface area contributed by atoms with Crippen LogP contribution in [-0.2, 0) is 6.54 Å². The van der Waals surface area contributed by atoms with Crippen LogP contribution >= 0.6 is 15.9 Å². The predicted octanol–water partition coefficient (Wildman–Crippen LogP) is 2.43. The third-order valence-corrected chi connectivity index (χ3v) is 3.49. The van der Waals surface area contributed by atoms with E-state index in [0.29, 0.717) is 12.5 Å². The van der Waals surface area contributed by atoms with Crippen LogP contribution in [0.2, 0.25) is 0 Å². The first-order valence-corrected chi connectivity index (χ1v) is 5.96. The Kier molecular flexibility index (Phi) is 2.07. The Hall–Kier alpha value is -0.870. The minimum absolute atomic E-state index is 0.499. The number of rotatable bonds is 2. The van der Waals surface area contributed by atoms with E-state index in [1.54, 1.807) is 0 Å². The largest absolute Gasteiger partial charge is 0.325 e. The van der Waals surface area contributed by atoms with Crippen LogP contribution in [0.3, 0.4) is 0 Å². The van der Waals surface area contributed by atoms with Gasteiger partial charge in [0.2, 0.25) is 0 Å². The molecule has 0 aromatic carbocycles. The molecule has 1 fully saturated rings. The molecule has 0 aliphatic heterocycles. The molecule has 2 aromatic heterocycles. The van der Waals surface area contributed by atoms with Crippen molar-refractivity contribution in [3.8, 4) is 0 Å². The number of fused-ring (bicyclic) bond motifs is 1. The molecule has 78 valence electrons. The van der Waals surface area contributed by atoms with Crippen molar-refractivity contribution in [3.63, 3.8) is 0 Å². The summed E-state index contributed by atoms with van der Waals surface area (Å²) in [6.07, 6.45) is 4.59. The Morgan fingerprint density at radius 1 is 1.53 bits per heavy atom. The number of nitrogens with two attached hydrogens (primary N) is 1. The summed E-state index contributed by atoms with van der Waals surface area (Å²) in [5.74, 6) is 1.82. The fourth-order valence-electron chi connectivity index (χ4n) is 1.97. The lowest BCUT2D eigenvalue weighted by molar-refractivity contribution is 0.904. The van der Waals surface area contributed by atoms with Crippen LogP contribution in [-0.4, -0.2) is 9.38 Å². The quantitative estimate of drug-likeness (QED) is 0.907. The lowest BCUT2D eigenvalue weighted by Gasteiger charge is -2.00. The van der Waals surface area contributed by atoms with E-state index in [1.807, 2.05) is 12.1 Å². The van der Waals surface area contributed by atoms with Crippen LogP contribution in [0, 0.1) is 0 Å². The summed E-state index contributed by atoms with van der Waals surface area (Å²) < 4.78 is 3.24. The normalized spacial score (nSPS) is 16.1. The van der Waals surface area contributed by atoms with Gasteiger partial charge in [-0.05, 0) is 40.9 Å². The molecule has 3 rings (SSSR count). The van der Waals surface area contributed by atoms with E-state index in [-0.39, 0.29) is 0 Å². The number of imidazole rings is 1. The fraction of sp³-hybridized carbons (Fsp3) is 0.364. The number of nitrogens with zero attached hydrogens (tertiary/aromatic N) is 2. The number of hydrogen-bond donors (Lipinski definition) is 1. The molecule has 0 bridgehead atoms. The first-order valence-electron chi connectivity index (χ1n) is 5.16. The Balaban J connectivity index is 2.33. The highest BCUT2D eigenvalue weighted by atomic mass is 79.9. The predicted molar refractivity (Wildman–Crippen MR) is 62.8 cm³/mol. The van der Waals surface area contributed by atoms with E-state index in [9.17, 15) is 0 Å². The van der Waals surface area contributed by atoms with Crippen molar-refractivity contribution in [1.29, 1.82) is 0 Å². The smallest absolute Gasteiger partial charge is 0.116 e. The maximum atomic E-state index is 5.72. The molecule has 1 aliphatic carbocycles. The first-order chi connectivity index (χ1) is 7.31. The molecule has 0 spiro atoms. The monoisotopic (exact) mass is 265 g/mol. The summed E-state index contributed by atoms with van der Waals surface area (Å²) in [5.41, 5.74) is 7.84. The molecule has 0 saturated heterocycles. The summed E-state index contributed by atoms with van der Waals surface area (Å²) in [6, 6.07) is 4.07. The molecule has 15 heavy (non-hydrogen) atoms. The third-order valence-electron chi connectivity index (χ3n) is 2.85. The first kappa shape index (κ1) is 9.36. The minimum Gasteiger partial charge on any atom is -0.325 e. The van der Waals surface area contributed by atoms with Crippen LogP contribution in [0.25, 0.3) is 5.52 Å². The molecule has 1 aliphatic rings. The molecule has 0 unspecified atom stereocenters. The second kappa shape index (κ2) is 3.32. The lowest BCUT2D eigenvalue weighted by atomic mass is 10.3. The zero-order chi connectivity index (χ0) is 10.4. The van der Waals surface area contributed by atoms with Gasteiger partial charge in [-0.1, -0.05) is 0 Å². The Morgan fingerprint density at radius 3 is 3.00 bits per heavy atom. The summed E-state index contributed by atoms with van der Waals surface area (Å²) in [5, 5.41) is 0. The summed E-state index contributed by atoms with van der Waals surface area (Å²) in [7, 11) is 0. The maximum Gasteiger partial charge on any atom is 0.116 e. The van der Waals surface area contributed by atoms with Crippen molar-refractivity contribution in [3.05, 3.63) is 34.3 Å². The fourth-order valence-corrected chi connectivity index (χ4v) is 2.54. The SMILES string of the molecule is NCc1nc(C2CC2)n2cccc(Br)c12. The molecular formula is C11H12BrN3. The Labute approximate surface area is 96.4 Å². The van der Waals surface area contributed by atoms with E-state index in [1.165, 1.54) is 18.7 Å². The van der Waals surface area contributed by atoms with Crippen LogP contribution in [0.1, 0.15) is 30.3 Å². The van der Waals surface area contributed by atoms with Gasteiger partial charge >= 0.3 is 0 Å². The van der Waals surface area contributed by atoms with Crippen molar-refractivity contribution in [2.45, 2.75) is 25.3 Å². The van der Waals surface area contributed by atoms with Crippen LogP contribution < -0.4 is 5.73 Å². The summed E-state index contributed by atoms with van der Waals surface area (Å²) >= 11 is 3.55. The topological polar surface area (TPSA) is 43.3 Å². The average Bonchev–Trinajstić information content (AvgIpc) is 3.00. The molecular weight excluding hydrogens is 254 g/mol. The van der Waals surface area contributed by atoms with Gasteiger partial charge in [0.1, 0.15) is 5.82 Å². The molecule has 4 heteroatoms. The minimum atomic E-state index is 0.499. The van der Waals surface area contributed by atoms with Crippen molar-refractivity contribution in [2.75, 3.05) is 0 Å². The van der Waals surface area contributed by atoms with Crippen LogP contribution in [0.5, 0.6) is 0 Å². The number of pyridine rings is 1. The van der Waals surface area contributed by atoms with Gasteiger partial charge in [-0.3, -0.25) is 0 Å². The standard InChI is InChI=1S/C11H12BrN3/c12-8-2-1-5-15-10(8)9(6-13)14-11(15)7-3-4-7/h1-2,5,7H,3-4,6,13H2. The molecule has 2 N–H and O–H groups in total. The van der Waals surface area contributed by atoms with Crippen molar-refractivity contribution in [2.24, 2.45) is 5.73 Å². The maximum absolute atomic E-state index is 5.72. The molecule has 2 heterocycles. The Morgan fingerprint density at radius 2 is 2.33 bits per heavy atom. The van der Waals surface area contributed by atoms with Gasteiger partial charge in [0.05, 0.1) is 11.2 Å². The van der Waals surface area contributed by atoms with Crippen molar-refractivity contribution in [1.82, 2.24) is 9.38 Å². The van der Waals surface area contributed by atoms with Crippen LogP contribution in [0.4, 0.5) is 0 Å². The highest BCUT2D eigenvalue weighted by Crippen LogP contribution is 2.40. The van der Waals surface area contributed by atoms with Gasteiger partial charge in [0.25, 0.3) is 0 Å². The summed E-state index contributed by atoms with van der Waals surface area (Å²) in [4.78, 5) is 4.64. The molecule has 1 saturated carbocycles. The van der Waals surface area contributed by atoms with E-state index < -0.39 is 0 Å². The zero-order valence-corrected chi connectivity index (χ0v) is 9.87. The zero-order valence-electron chi connectivity index (χ0n) is 8.28. The molecule has 2 aromatic rings. The van der Waals surface area contributed by atoms with Gasteiger partial charge in [0, 0.05) is 23.1 Å². The molecule has 3 nitrogen and oxygen atoms in total. The third kappa shape index (κ3) is 1.40. The van der Waals surface area contributed by atoms with Gasteiger partial charge < -0.3 is 10.1 Å². The van der Waals surface area contributed by atoms with E-state index >= 15 is 0 Å². The highest BCUT2D eigenvalue weighted by Gasteiger charge is 2.29. The number of halogens is 1. The lowest BCUT2D eigenvalue weighted by Crippen LogP contribution is -1.97. The average molecular weight is 266 g/mol. The van der Waals surface area contributed by atoms with Gasteiger partial charge in [-0.25, -0.2) is 4.98 Å². The van der Waals surface area contributed by atoms with Gasteiger partial charge in [-0.15, -0.1) is 0 Å². The van der Waals surface area contributed by atoms with Crippen LogP contribution in [0.15, 0.2) is 22.8 Å². The van der Waals surface area contributed by atoms with Gasteiger partial charge in [0.15, 0.2) is 0 Å². The van der Waals surface area contributed by atoms with E-state index in [0.717, 1.165) is 15.7 Å². The summed E-state index contributed by atoms with van der Waals surface area (Å²) in [6.45, 7) is 0.499. The molecule has 0 atom stereocenters. The highest BCUT2D eigenvalue weighted by molar-refractivity contribution is 9.10. The van der Waals surface area contributed by atoms with E-state index in [4.69, 9.17) is 5.73 Å². The number of hydrogen-bond acceptors (Lipinski definition) is 2. The van der Waals surface area contributed by atoms with Gasteiger partial charge in [-0.2, -0.15) is 0 Å².